The number of hydrogen-bond acceptors (Lipinski definition) is 3. The predicted octanol–water partition coefficient (Wildman–Crippen LogP) is 1.53. The molecule has 1 aromatic heterocycles. The molecule has 1 aliphatic rings. The van der Waals surface area contributed by atoms with Crippen LogP contribution in [0.4, 0.5) is 10.2 Å². The van der Waals surface area contributed by atoms with E-state index in [1.54, 1.807) is 16.8 Å². The topological polar surface area (TPSA) is 72.9 Å². The number of nitrogens with one attached hydrogen (secondary N) is 1. The third-order valence-corrected chi connectivity index (χ3v) is 3.24. The van der Waals surface area contributed by atoms with E-state index in [0.29, 0.717) is 0 Å². The van der Waals surface area contributed by atoms with E-state index in [1.807, 2.05) is 6.07 Å². The molecule has 1 aromatic carbocycles. The molecule has 1 amide bonds. The van der Waals surface area contributed by atoms with Gasteiger partial charge in [-0.3, -0.25) is 4.79 Å². The minimum Gasteiger partial charge on any atom is -0.370 e. The van der Waals surface area contributed by atoms with E-state index in [1.165, 1.54) is 12.1 Å². The lowest BCUT2D eigenvalue weighted by Gasteiger charge is -2.25. The number of anilines is 1. The molecule has 0 spiro atoms. The second-order valence-corrected chi connectivity index (χ2v) is 4.51. The standard InChI is InChI=1S/C13H13FN4O/c14-9-3-1-2-8(6-9)11-4-5-16-12-7-10(13(15)19)17-18(11)12/h1-3,6-7,11,16H,4-5H2,(H2,15,19). The van der Waals surface area contributed by atoms with Gasteiger partial charge in [0.05, 0.1) is 6.04 Å². The molecule has 3 N–H and O–H groups in total. The molecule has 0 radical (unpaired) electrons. The van der Waals surface area contributed by atoms with Crippen molar-refractivity contribution >= 4 is 11.7 Å². The van der Waals surface area contributed by atoms with Crippen molar-refractivity contribution < 1.29 is 9.18 Å². The van der Waals surface area contributed by atoms with Crippen LogP contribution in [0.2, 0.25) is 0 Å². The van der Waals surface area contributed by atoms with Crippen LogP contribution in [0.5, 0.6) is 0 Å². The highest BCUT2D eigenvalue weighted by Gasteiger charge is 2.24. The van der Waals surface area contributed by atoms with Crippen LogP contribution >= 0.6 is 0 Å². The minimum absolute atomic E-state index is 0.0833. The molecule has 6 heteroatoms. The van der Waals surface area contributed by atoms with Crippen LogP contribution in [0, 0.1) is 5.82 Å². The monoisotopic (exact) mass is 260 g/mol. The number of nitrogens with zero attached hydrogens (tertiary/aromatic N) is 2. The number of rotatable bonds is 2. The minimum atomic E-state index is -0.568. The van der Waals surface area contributed by atoms with Crippen LogP contribution in [0.3, 0.4) is 0 Å². The van der Waals surface area contributed by atoms with Crippen LogP contribution in [-0.2, 0) is 0 Å². The largest absolute Gasteiger partial charge is 0.370 e. The molecule has 0 saturated carbocycles. The number of amides is 1. The van der Waals surface area contributed by atoms with Crippen LogP contribution in [0.25, 0.3) is 0 Å². The zero-order chi connectivity index (χ0) is 13.4. The van der Waals surface area contributed by atoms with Crippen molar-refractivity contribution in [2.75, 3.05) is 11.9 Å². The summed E-state index contributed by atoms with van der Waals surface area (Å²) in [6.45, 7) is 0.741. The number of halogens is 1. The summed E-state index contributed by atoms with van der Waals surface area (Å²) >= 11 is 0. The highest BCUT2D eigenvalue weighted by molar-refractivity contribution is 5.91. The number of nitrogens with two attached hydrogens (primary N) is 1. The lowest BCUT2D eigenvalue weighted by molar-refractivity contribution is 0.0994. The van der Waals surface area contributed by atoms with Crippen molar-refractivity contribution in [1.82, 2.24) is 9.78 Å². The number of fused-ring (bicyclic) bond motifs is 1. The van der Waals surface area contributed by atoms with Crippen molar-refractivity contribution in [3.05, 3.63) is 47.4 Å². The number of aromatic nitrogens is 2. The van der Waals surface area contributed by atoms with Gasteiger partial charge in [0.25, 0.3) is 5.91 Å². The van der Waals surface area contributed by atoms with E-state index in [0.717, 1.165) is 24.3 Å². The third-order valence-electron chi connectivity index (χ3n) is 3.24. The SMILES string of the molecule is NC(=O)c1cc2n(n1)C(c1cccc(F)c1)CCN2. The second kappa shape index (κ2) is 4.38. The Hall–Kier alpha value is -2.37. The molecule has 0 fully saturated rings. The molecule has 98 valence electrons. The normalized spacial score (nSPS) is 17.6. The molecule has 2 aromatic rings. The molecule has 0 bridgehead atoms. The van der Waals surface area contributed by atoms with Crippen LogP contribution < -0.4 is 11.1 Å². The number of hydrogen-bond donors (Lipinski definition) is 2. The summed E-state index contributed by atoms with van der Waals surface area (Å²) in [5.41, 5.74) is 6.28. The first kappa shape index (κ1) is 11.7. The van der Waals surface area contributed by atoms with Crippen molar-refractivity contribution in [1.29, 1.82) is 0 Å². The maximum Gasteiger partial charge on any atom is 0.269 e. The smallest absolute Gasteiger partial charge is 0.269 e. The number of carbonyl (C=O) groups excluding carboxylic acids is 1. The maximum absolute atomic E-state index is 13.3. The average molecular weight is 260 g/mol. The Morgan fingerprint density at radius 3 is 3.05 bits per heavy atom. The maximum atomic E-state index is 13.3. The average Bonchev–Trinajstić information content (AvgIpc) is 2.82. The van der Waals surface area contributed by atoms with Gasteiger partial charge in [0.15, 0.2) is 5.69 Å². The molecule has 1 aliphatic heterocycles. The summed E-state index contributed by atoms with van der Waals surface area (Å²) in [5, 5.41) is 7.35. The Kier molecular flexibility index (Phi) is 2.70. The molecule has 2 heterocycles. The number of benzene rings is 1. The summed E-state index contributed by atoms with van der Waals surface area (Å²) < 4.78 is 15.0. The van der Waals surface area contributed by atoms with Crippen molar-refractivity contribution in [3.8, 4) is 0 Å². The first-order valence-corrected chi connectivity index (χ1v) is 6.04. The van der Waals surface area contributed by atoms with Gasteiger partial charge < -0.3 is 11.1 Å². The zero-order valence-electron chi connectivity index (χ0n) is 10.1. The lowest BCUT2D eigenvalue weighted by Crippen LogP contribution is -2.24. The number of primary amides is 1. The first-order chi connectivity index (χ1) is 9.15. The van der Waals surface area contributed by atoms with Crippen LogP contribution in [-0.4, -0.2) is 22.2 Å². The molecular formula is C13H13FN4O. The second-order valence-electron chi connectivity index (χ2n) is 4.51. The Bertz CT molecular complexity index is 637. The van der Waals surface area contributed by atoms with E-state index < -0.39 is 5.91 Å². The molecule has 0 saturated heterocycles. The first-order valence-electron chi connectivity index (χ1n) is 6.04. The fourth-order valence-electron chi connectivity index (χ4n) is 2.37. The third kappa shape index (κ3) is 2.05. The van der Waals surface area contributed by atoms with Gasteiger partial charge in [-0.15, -0.1) is 0 Å². The highest BCUT2D eigenvalue weighted by atomic mass is 19.1. The predicted molar refractivity (Wildman–Crippen MR) is 68.4 cm³/mol. The molecule has 3 rings (SSSR count). The van der Waals surface area contributed by atoms with Gasteiger partial charge in [-0.2, -0.15) is 5.10 Å². The van der Waals surface area contributed by atoms with Gasteiger partial charge >= 0.3 is 0 Å². The Morgan fingerprint density at radius 1 is 1.47 bits per heavy atom. The van der Waals surface area contributed by atoms with Gasteiger partial charge in [-0.05, 0) is 24.1 Å². The van der Waals surface area contributed by atoms with Gasteiger partial charge in [0, 0.05) is 12.6 Å². The molecule has 1 atom stereocenters. The Labute approximate surface area is 109 Å². The quantitative estimate of drug-likeness (QED) is 0.860. The fraction of sp³-hybridized carbons (Fsp3) is 0.231. The molecular weight excluding hydrogens is 247 g/mol. The van der Waals surface area contributed by atoms with Crippen molar-refractivity contribution in [2.24, 2.45) is 5.73 Å². The lowest BCUT2D eigenvalue weighted by atomic mass is 10.0. The summed E-state index contributed by atoms with van der Waals surface area (Å²) in [7, 11) is 0. The van der Waals surface area contributed by atoms with Gasteiger partial charge in [-0.1, -0.05) is 12.1 Å². The van der Waals surface area contributed by atoms with Gasteiger partial charge in [0.2, 0.25) is 0 Å². The Balaban J connectivity index is 2.04. The van der Waals surface area contributed by atoms with Crippen LogP contribution in [0.15, 0.2) is 30.3 Å². The van der Waals surface area contributed by atoms with E-state index in [-0.39, 0.29) is 17.6 Å². The Morgan fingerprint density at radius 2 is 2.32 bits per heavy atom. The van der Waals surface area contributed by atoms with E-state index in [9.17, 15) is 9.18 Å². The molecule has 19 heavy (non-hydrogen) atoms. The fourth-order valence-corrected chi connectivity index (χ4v) is 2.37. The molecule has 0 aliphatic carbocycles. The summed E-state index contributed by atoms with van der Waals surface area (Å²) in [6, 6.07) is 7.96. The summed E-state index contributed by atoms with van der Waals surface area (Å²) in [4.78, 5) is 11.2. The van der Waals surface area contributed by atoms with E-state index in [4.69, 9.17) is 5.73 Å². The summed E-state index contributed by atoms with van der Waals surface area (Å²) in [6.07, 6.45) is 0.774. The van der Waals surface area contributed by atoms with Crippen molar-refractivity contribution in [3.63, 3.8) is 0 Å². The van der Waals surface area contributed by atoms with Gasteiger partial charge in [0.1, 0.15) is 11.6 Å². The van der Waals surface area contributed by atoms with Crippen LogP contribution in [0.1, 0.15) is 28.5 Å². The van der Waals surface area contributed by atoms with E-state index in [2.05, 4.69) is 10.4 Å². The summed E-state index contributed by atoms with van der Waals surface area (Å²) in [5.74, 6) is -0.115. The molecule has 5 nitrogen and oxygen atoms in total. The highest BCUT2D eigenvalue weighted by Crippen LogP contribution is 2.29. The molecule has 1 unspecified atom stereocenters. The van der Waals surface area contributed by atoms with Gasteiger partial charge in [-0.25, -0.2) is 9.07 Å². The van der Waals surface area contributed by atoms with Crippen molar-refractivity contribution in [2.45, 2.75) is 12.5 Å². The van der Waals surface area contributed by atoms with E-state index >= 15 is 0 Å². The number of carbonyl (C=O) groups is 1. The zero-order valence-corrected chi connectivity index (χ0v) is 10.1.